The fourth-order valence-corrected chi connectivity index (χ4v) is 2.09. The lowest BCUT2D eigenvalue weighted by atomic mass is 10.1. The van der Waals surface area contributed by atoms with Gasteiger partial charge in [0.15, 0.2) is 0 Å². The van der Waals surface area contributed by atoms with Crippen LogP contribution in [0.3, 0.4) is 0 Å². The van der Waals surface area contributed by atoms with Crippen LogP contribution in [0.15, 0.2) is 12.1 Å². The summed E-state index contributed by atoms with van der Waals surface area (Å²) in [4.78, 5) is 11.5. The number of halogens is 4. The third kappa shape index (κ3) is 5.53. The lowest BCUT2D eigenvalue weighted by molar-refractivity contribution is -0.122. The van der Waals surface area contributed by atoms with Gasteiger partial charge in [-0.2, -0.15) is 0 Å². The summed E-state index contributed by atoms with van der Waals surface area (Å²) in [5.74, 6) is -0.770. The molecule has 108 valence electrons. The fraction of sp³-hybridized carbons (Fsp3) is 0.417. The average Bonchev–Trinajstić information content (AvgIpc) is 2.21. The van der Waals surface area contributed by atoms with Gasteiger partial charge in [-0.25, -0.2) is 4.39 Å². The molecule has 1 aromatic carbocycles. The summed E-state index contributed by atoms with van der Waals surface area (Å²) in [5.41, 5.74) is 6.00. The molecule has 0 saturated carbocycles. The van der Waals surface area contributed by atoms with Gasteiger partial charge in [-0.15, -0.1) is 12.4 Å². The van der Waals surface area contributed by atoms with Gasteiger partial charge >= 0.3 is 0 Å². The lowest BCUT2D eigenvalue weighted by Crippen LogP contribution is -2.31. The maximum Gasteiger partial charge on any atom is 0.222 e. The van der Waals surface area contributed by atoms with E-state index in [-0.39, 0.29) is 35.8 Å². The van der Waals surface area contributed by atoms with Crippen LogP contribution >= 0.6 is 35.6 Å². The molecular formula is C12H16Cl3FN2O. The third-order valence-corrected chi connectivity index (χ3v) is 3.01. The Bertz CT molecular complexity index is 455. The zero-order valence-electron chi connectivity index (χ0n) is 10.5. The molecule has 0 spiro atoms. The first kappa shape index (κ1) is 18.4. The van der Waals surface area contributed by atoms with Gasteiger partial charge in [-0.1, -0.05) is 23.2 Å². The Balaban J connectivity index is 0.00000324. The number of hydrogen-bond acceptors (Lipinski definition) is 2. The minimum Gasteiger partial charge on any atom is -0.349 e. The third-order valence-electron chi connectivity index (χ3n) is 2.39. The number of hydrogen-bond donors (Lipinski definition) is 2. The number of amides is 1. The molecule has 0 aliphatic rings. The van der Waals surface area contributed by atoms with E-state index in [1.165, 1.54) is 12.1 Å². The molecule has 3 nitrogen and oxygen atoms in total. The number of rotatable bonds is 4. The second kappa shape index (κ2) is 7.90. The molecule has 3 N–H and O–H groups in total. The van der Waals surface area contributed by atoms with E-state index in [4.69, 9.17) is 28.9 Å². The van der Waals surface area contributed by atoms with Crippen LogP contribution in [-0.4, -0.2) is 11.9 Å². The molecular weight excluding hydrogens is 314 g/mol. The van der Waals surface area contributed by atoms with E-state index in [0.29, 0.717) is 10.6 Å². The summed E-state index contributed by atoms with van der Waals surface area (Å²) in [7, 11) is 0. The number of carbonyl (C=O) groups is 1. The summed E-state index contributed by atoms with van der Waals surface area (Å²) in [6.07, 6.45) is 0.206. The highest BCUT2D eigenvalue weighted by Gasteiger charge is 2.16. The minimum atomic E-state index is -0.565. The van der Waals surface area contributed by atoms with Crippen molar-refractivity contribution in [1.29, 1.82) is 0 Å². The van der Waals surface area contributed by atoms with Gasteiger partial charge in [-0.3, -0.25) is 4.79 Å². The van der Waals surface area contributed by atoms with Crippen molar-refractivity contribution in [2.75, 3.05) is 0 Å². The highest BCUT2D eigenvalue weighted by molar-refractivity contribution is 6.35. The van der Waals surface area contributed by atoms with Crippen LogP contribution in [0, 0.1) is 5.82 Å². The highest BCUT2D eigenvalue weighted by Crippen LogP contribution is 2.28. The molecule has 1 aromatic rings. The number of nitrogens with one attached hydrogen (secondary N) is 1. The molecule has 0 heterocycles. The second-order valence-electron chi connectivity index (χ2n) is 4.26. The van der Waals surface area contributed by atoms with Crippen LogP contribution in [0.1, 0.15) is 31.9 Å². The Kier molecular flexibility index (Phi) is 7.67. The Hall–Kier alpha value is -0.550. The van der Waals surface area contributed by atoms with E-state index in [2.05, 4.69) is 5.32 Å². The summed E-state index contributed by atoms with van der Waals surface area (Å²) in [6, 6.07) is 1.91. The van der Waals surface area contributed by atoms with Gasteiger partial charge in [0, 0.05) is 17.5 Å². The Morgan fingerprint density at radius 3 is 2.47 bits per heavy atom. The lowest BCUT2D eigenvalue weighted by Gasteiger charge is -2.17. The van der Waals surface area contributed by atoms with E-state index in [1.807, 2.05) is 0 Å². The van der Waals surface area contributed by atoms with Crippen molar-refractivity contribution in [2.45, 2.75) is 32.4 Å². The molecule has 7 heteroatoms. The zero-order chi connectivity index (χ0) is 13.9. The fourth-order valence-electron chi connectivity index (χ4n) is 1.54. The van der Waals surface area contributed by atoms with Crippen molar-refractivity contribution >= 4 is 41.5 Å². The quantitative estimate of drug-likeness (QED) is 0.831. The maximum absolute atomic E-state index is 13.3. The van der Waals surface area contributed by atoms with E-state index in [0.717, 1.165) is 0 Å². The molecule has 0 aromatic heterocycles. The van der Waals surface area contributed by atoms with Gasteiger partial charge < -0.3 is 11.1 Å². The molecule has 19 heavy (non-hydrogen) atoms. The summed E-state index contributed by atoms with van der Waals surface area (Å²) < 4.78 is 13.3. The monoisotopic (exact) mass is 328 g/mol. The van der Waals surface area contributed by atoms with E-state index >= 15 is 0 Å². The Labute approximate surface area is 128 Å². The predicted molar refractivity (Wildman–Crippen MR) is 78.5 cm³/mol. The standard InChI is InChI=1S/C12H15Cl2FN2O.ClH/c1-6(16)3-12(18)17-7(2)8-4-11(15)10(14)5-9(8)13;/h4-7H,3,16H2,1-2H3,(H,17,18);1H. The number of benzene rings is 1. The molecule has 1 amide bonds. The summed E-state index contributed by atoms with van der Waals surface area (Å²) in [6.45, 7) is 3.45. The topological polar surface area (TPSA) is 55.1 Å². The average molecular weight is 330 g/mol. The second-order valence-corrected chi connectivity index (χ2v) is 5.07. The molecule has 0 saturated heterocycles. The van der Waals surface area contributed by atoms with Crippen molar-refractivity contribution in [1.82, 2.24) is 5.32 Å². The van der Waals surface area contributed by atoms with Crippen LogP contribution in [0.25, 0.3) is 0 Å². The van der Waals surface area contributed by atoms with Crippen molar-refractivity contribution in [3.63, 3.8) is 0 Å². The minimum absolute atomic E-state index is 0. The van der Waals surface area contributed by atoms with E-state index in [9.17, 15) is 9.18 Å². The molecule has 0 bridgehead atoms. The maximum atomic E-state index is 13.3. The summed E-state index contributed by atoms with van der Waals surface area (Å²) >= 11 is 11.6. The molecule has 0 radical (unpaired) electrons. The van der Waals surface area contributed by atoms with Gasteiger partial charge in [0.2, 0.25) is 5.91 Å². The van der Waals surface area contributed by atoms with E-state index < -0.39 is 11.9 Å². The molecule has 0 fully saturated rings. The number of nitrogens with two attached hydrogens (primary N) is 1. The van der Waals surface area contributed by atoms with Gasteiger partial charge in [0.25, 0.3) is 0 Å². The van der Waals surface area contributed by atoms with Crippen molar-refractivity contribution in [2.24, 2.45) is 5.73 Å². The van der Waals surface area contributed by atoms with Crippen LogP contribution < -0.4 is 11.1 Å². The predicted octanol–water partition coefficient (Wildman–Crippen LogP) is 3.47. The number of carbonyl (C=O) groups excluding carboxylic acids is 1. The first-order valence-corrected chi connectivity index (χ1v) is 6.26. The molecule has 1 rings (SSSR count). The highest BCUT2D eigenvalue weighted by atomic mass is 35.5. The first-order chi connectivity index (χ1) is 8.31. The Morgan fingerprint density at radius 1 is 1.37 bits per heavy atom. The molecule has 2 unspecified atom stereocenters. The molecule has 0 aliphatic heterocycles. The first-order valence-electron chi connectivity index (χ1n) is 5.50. The SMILES string of the molecule is CC(N)CC(=O)NC(C)c1cc(F)c(Cl)cc1Cl.Cl. The normalized spacial score (nSPS) is 13.4. The van der Waals surface area contributed by atoms with Gasteiger partial charge in [0.05, 0.1) is 11.1 Å². The van der Waals surface area contributed by atoms with Gasteiger partial charge in [-0.05, 0) is 31.5 Å². The van der Waals surface area contributed by atoms with Crippen molar-refractivity contribution < 1.29 is 9.18 Å². The zero-order valence-corrected chi connectivity index (χ0v) is 12.9. The van der Waals surface area contributed by atoms with Crippen LogP contribution in [0.2, 0.25) is 10.0 Å². The van der Waals surface area contributed by atoms with Crippen LogP contribution in [0.4, 0.5) is 4.39 Å². The summed E-state index contributed by atoms with van der Waals surface area (Å²) in [5, 5.41) is 2.97. The molecule has 2 atom stereocenters. The molecule has 0 aliphatic carbocycles. The Morgan fingerprint density at radius 2 is 1.95 bits per heavy atom. The smallest absolute Gasteiger partial charge is 0.222 e. The van der Waals surface area contributed by atoms with Crippen molar-refractivity contribution in [3.8, 4) is 0 Å². The van der Waals surface area contributed by atoms with Gasteiger partial charge in [0.1, 0.15) is 5.82 Å². The van der Waals surface area contributed by atoms with E-state index in [1.54, 1.807) is 13.8 Å². The van der Waals surface area contributed by atoms with Crippen LogP contribution in [-0.2, 0) is 4.79 Å². The largest absolute Gasteiger partial charge is 0.349 e. The van der Waals surface area contributed by atoms with Crippen LogP contribution in [0.5, 0.6) is 0 Å². The van der Waals surface area contributed by atoms with Crippen molar-refractivity contribution in [3.05, 3.63) is 33.6 Å².